The lowest BCUT2D eigenvalue weighted by atomic mass is 10.1. The van der Waals surface area contributed by atoms with Gasteiger partial charge in [-0.3, -0.25) is 9.52 Å². The second kappa shape index (κ2) is 8.06. The molecule has 0 saturated carbocycles. The number of benzene rings is 2. The molecule has 27 heavy (non-hydrogen) atoms. The van der Waals surface area contributed by atoms with Gasteiger partial charge in [-0.15, -0.1) is 0 Å². The van der Waals surface area contributed by atoms with Gasteiger partial charge in [0, 0.05) is 31.4 Å². The van der Waals surface area contributed by atoms with Crippen LogP contribution >= 0.6 is 0 Å². The topological polar surface area (TPSA) is 78.5 Å². The first-order chi connectivity index (χ1) is 12.8. The normalized spacial score (nSPS) is 17.6. The van der Waals surface area contributed by atoms with Gasteiger partial charge in [0.15, 0.2) is 0 Å². The monoisotopic (exact) mass is 391 g/mol. The minimum Gasteiger partial charge on any atom is -0.337 e. The van der Waals surface area contributed by atoms with Crippen LogP contribution in [0.1, 0.15) is 12.5 Å². The predicted octanol–water partition coefficient (Wildman–Crippen LogP) is 1.99. The summed E-state index contributed by atoms with van der Waals surface area (Å²) in [5.74, 6) is -0.439. The number of piperazine rings is 1. The van der Waals surface area contributed by atoms with Gasteiger partial charge in [0.25, 0.3) is 10.0 Å². The number of rotatable bonds is 5. The highest BCUT2D eigenvalue weighted by Crippen LogP contribution is 2.18. The van der Waals surface area contributed by atoms with Crippen molar-refractivity contribution in [2.24, 2.45) is 0 Å². The zero-order valence-electron chi connectivity index (χ0n) is 15.0. The molecule has 1 heterocycles. The summed E-state index contributed by atoms with van der Waals surface area (Å²) in [5.41, 5.74) is 1.20. The highest BCUT2D eigenvalue weighted by atomic mass is 32.2. The number of hydrogen-bond donors (Lipinski definition) is 2. The van der Waals surface area contributed by atoms with E-state index in [0.29, 0.717) is 12.2 Å². The van der Waals surface area contributed by atoms with Crippen molar-refractivity contribution in [1.29, 1.82) is 0 Å². The van der Waals surface area contributed by atoms with Gasteiger partial charge in [-0.25, -0.2) is 12.8 Å². The van der Waals surface area contributed by atoms with E-state index in [1.807, 2.05) is 11.8 Å². The molecule has 1 aliphatic heterocycles. The van der Waals surface area contributed by atoms with Crippen molar-refractivity contribution in [2.75, 3.05) is 24.4 Å². The van der Waals surface area contributed by atoms with Gasteiger partial charge in [0.2, 0.25) is 5.91 Å². The molecule has 0 radical (unpaired) electrons. The Bertz CT molecular complexity index is 899. The first-order valence-corrected chi connectivity index (χ1v) is 10.2. The molecule has 2 aromatic rings. The molecule has 1 fully saturated rings. The highest BCUT2D eigenvalue weighted by Gasteiger charge is 2.22. The molecule has 1 atom stereocenters. The van der Waals surface area contributed by atoms with Crippen molar-refractivity contribution in [3.63, 3.8) is 0 Å². The third-order valence-electron chi connectivity index (χ3n) is 4.51. The molecule has 1 saturated heterocycles. The van der Waals surface area contributed by atoms with Crippen LogP contribution in [-0.2, 0) is 21.2 Å². The molecule has 144 valence electrons. The molecular weight excluding hydrogens is 369 g/mol. The van der Waals surface area contributed by atoms with Crippen molar-refractivity contribution in [1.82, 2.24) is 10.2 Å². The third kappa shape index (κ3) is 4.84. The van der Waals surface area contributed by atoms with Crippen LogP contribution in [0.3, 0.4) is 0 Å². The maximum atomic E-state index is 13.0. The minimum atomic E-state index is -3.79. The zero-order chi connectivity index (χ0) is 19.4. The number of amides is 1. The smallest absolute Gasteiger partial charge is 0.261 e. The fraction of sp³-hybridized carbons (Fsp3) is 0.316. The van der Waals surface area contributed by atoms with Crippen molar-refractivity contribution in [3.8, 4) is 0 Å². The zero-order valence-corrected chi connectivity index (χ0v) is 15.8. The average molecular weight is 391 g/mol. The van der Waals surface area contributed by atoms with E-state index >= 15 is 0 Å². The van der Waals surface area contributed by atoms with Crippen molar-refractivity contribution >= 4 is 21.6 Å². The standard InChI is InChI=1S/C19H22FN3O3S/c1-14-13-21-10-11-23(14)19(24)12-15-2-6-17(7-3-15)22-27(25,26)18-8-4-16(20)5-9-18/h2-9,14,21-22H,10-13H2,1H3/t14-/m1/s1. The van der Waals surface area contributed by atoms with Crippen molar-refractivity contribution in [3.05, 3.63) is 59.9 Å². The first-order valence-electron chi connectivity index (χ1n) is 8.73. The average Bonchev–Trinajstić information content (AvgIpc) is 2.64. The molecule has 0 aromatic heterocycles. The summed E-state index contributed by atoms with van der Waals surface area (Å²) in [7, 11) is -3.79. The molecule has 0 aliphatic carbocycles. The Kier molecular flexibility index (Phi) is 5.76. The van der Waals surface area contributed by atoms with E-state index < -0.39 is 15.8 Å². The quantitative estimate of drug-likeness (QED) is 0.817. The maximum Gasteiger partial charge on any atom is 0.261 e. The van der Waals surface area contributed by atoms with Crippen LogP contribution in [0, 0.1) is 5.82 Å². The molecular formula is C19H22FN3O3S. The number of nitrogens with zero attached hydrogens (tertiary/aromatic N) is 1. The molecule has 0 spiro atoms. The van der Waals surface area contributed by atoms with Gasteiger partial charge >= 0.3 is 0 Å². The lowest BCUT2D eigenvalue weighted by molar-refractivity contribution is -0.133. The number of carbonyl (C=O) groups excluding carboxylic acids is 1. The van der Waals surface area contributed by atoms with Crippen LogP contribution in [0.5, 0.6) is 0 Å². The number of nitrogens with one attached hydrogen (secondary N) is 2. The Labute approximate surface area is 158 Å². The predicted molar refractivity (Wildman–Crippen MR) is 101 cm³/mol. The highest BCUT2D eigenvalue weighted by molar-refractivity contribution is 7.92. The van der Waals surface area contributed by atoms with E-state index in [4.69, 9.17) is 0 Å². The van der Waals surface area contributed by atoms with E-state index in [-0.39, 0.29) is 23.3 Å². The van der Waals surface area contributed by atoms with Crippen LogP contribution in [0.2, 0.25) is 0 Å². The van der Waals surface area contributed by atoms with Gasteiger partial charge in [0.05, 0.1) is 11.3 Å². The number of sulfonamides is 1. The van der Waals surface area contributed by atoms with Gasteiger partial charge in [0.1, 0.15) is 5.82 Å². The first kappa shape index (κ1) is 19.3. The van der Waals surface area contributed by atoms with E-state index in [1.54, 1.807) is 24.3 Å². The number of carbonyl (C=O) groups is 1. The Morgan fingerprint density at radius 2 is 1.85 bits per heavy atom. The fourth-order valence-electron chi connectivity index (χ4n) is 3.01. The summed E-state index contributed by atoms with van der Waals surface area (Å²) in [5, 5.41) is 3.25. The molecule has 1 amide bonds. The lowest BCUT2D eigenvalue weighted by Gasteiger charge is -2.34. The van der Waals surface area contributed by atoms with Gasteiger partial charge < -0.3 is 10.2 Å². The number of anilines is 1. The van der Waals surface area contributed by atoms with Gasteiger partial charge in [-0.2, -0.15) is 0 Å². The molecule has 1 aliphatic rings. The summed E-state index contributed by atoms with van der Waals surface area (Å²) < 4.78 is 40.0. The Morgan fingerprint density at radius 3 is 2.48 bits per heavy atom. The minimum absolute atomic E-state index is 0.0177. The summed E-state index contributed by atoms with van der Waals surface area (Å²) in [6.07, 6.45) is 0.273. The Hall–Kier alpha value is -2.45. The summed E-state index contributed by atoms with van der Waals surface area (Å²) in [6.45, 7) is 4.28. The molecule has 6 nitrogen and oxygen atoms in total. The van der Waals surface area contributed by atoms with Crippen LogP contribution < -0.4 is 10.0 Å². The number of hydrogen-bond acceptors (Lipinski definition) is 4. The molecule has 3 rings (SSSR count). The van der Waals surface area contributed by atoms with Crippen LogP contribution in [0.15, 0.2) is 53.4 Å². The second-order valence-corrected chi connectivity index (χ2v) is 8.26. The number of halogens is 1. The van der Waals surface area contributed by atoms with E-state index in [0.717, 1.165) is 30.8 Å². The van der Waals surface area contributed by atoms with E-state index in [1.165, 1.54) is 12.1 Å². The Morgan fingerprint density at radius 1 is 1.19 bits per heavy atom. The van der Waals surface area contributed by atoms with Gasteiger partial charge in [-0.05, 0) is 48.9 Å². The van der Waals surface area contributed by atoms with Crippen molar-refractivity contribution in [2.45, 2.75) is 24.3 Å². The SMILES string of the molecule is C[C@@H]1CNCCN1C(=O)Cc1ccc(NS(=O)(=O)c2ccc(F)cc2)cc1. The summed E-state index contributed by atoms with van der Waals surface area (Å²) >= 11 is 0. The van der Waals surface area contributed by atoms with E-state index in [9.17, 15) is 17.6 Å². The fourth-order valence-corrected chi connectivity index (χ4v) is 4.06. The van der Waals surface area contributed by atoms with E-state index in [2.05, 4.69) is 10.0 Å². The van der Waals surface area contributed by atoms with Gasteiger partial charge in [-0.1, -0.05) is 12.1 Å². The Balaban J connectivity index is 1.64. The molecule has 2 aromatic carbocycles. The summed E-state index contributed by atoms with van der Waals surface area (Å²) in [6, 6.07) is 11.5. The van der Waals surface area contributed by atoms with Crippen LogP contribution in [0.4, 0.5) is 10.1 Å². The van der Waals surface area contributed by atoms with Crippen molar-refractivity contribution < 1.29 is 17.6 Å². The van der Waals surface area contributed by atoms with Crippen LogP contribution in [-0.4, -0.2) is 44.9 Å². The molecule has 0 unspecified atom stereocenters. The third-order valence-corrected chi connectivity index (χ3v) is 5.90. The summed E-state index contributed by atoms with van der Waals surface area (Å²) in [4.78, 5) is 14.3. The van der Waals surface area contributed by atoms with Crippen LogP contribution in [0.25, 0.3) is 0 Å². The molecule has 0 bridgehead atoms. The molecule has 8 heteroatoms. The largest absolute Gasteiger partial charge is 0.337 e. The second-order valence-electron chi connectivity index (χ2n) is 6.57. The lowest BCUT2D eigenvalue weighted by Crippen LogP contribution is -2.52. The molecule has 2 N–H and O–H groups in total. The maximum absolute atomic E-state index is 13.0.